The van der Waals surface area contributed by atoms with Crippen molar-refractivity contribution in [2.24, 2.45) is 0 Å². The van der Waals surface area contributed by atoms with Gasteiger partial charge in [-0.25, -0.2) is 13.2 Å². The SMILES string of the molecule is O=c1[nH]c(CCC(O)N2CCN(c3ccc(F)cc3F)CC2)cc2cccc(F)c12. The van der Waals surface area contributed by atoms with Gasteiger partial charge in [-0.15, -0.1) is 0 Å². The summed E-state index contributed by atoms with van der Waals surface area (Å²) in [5.41, 5.74) is 0.501. The molecular formula is C22H22F3N3O2. The maximum atomic E-state index is 14.0. The quantitative estimate of drug-likeness (QED) is 0.670. The average molecular weight is 417 g/mol. The molecule has 0 spiro atoms. The number of aromatic nitrogens is 1. The number of aryl methyl sites for hydroxylation is 1. The molecule has 2 heterocycles. The summed E-state index contributed by atoms with van der Waals surface area (Å²) in [5.74, 6) is -1.77. The van der Waals surface area contributed by atoms with Crippen LogP contribution in [0.15, 0.2) is 47.3 Å². The molecule has 3 aromatic rings. The van der Waals surface area contributed by atoms with Crippen LogP contribution in [0.4, 0.5) is 18.9 Å². The number of piperazine rings is 1. The molecule has 0 saturated carbocycles. The Hall–Kier alpha value is -2.84. The fraction of sp³-hybridized carbons (Fsp3) is 0.318. The van der Waals surface area contributed by atoms with Crippen LogP contribution in [0.1, 0.15) is 12.1 Å². The van der Waals surface area contributed by atoms with E-state index in [1.807, 2.05) is 9.80 Å². The van der Waals surface area contributed by atoms with E-state index in [-0.39, 0.29) is 5.39 Å². The van der Waals surface area contributed by atoms with Gasteiger partial charge in [0.1, 0.15) is 23.7 Å². The first-order chi connectivity index (χ1) is 14.4. The highest BCUT2D eigenvalue weighted by Gasteiger charge is 2.24. The molecule has 5 nitrogen and oxygen atoms in total. The Morgan fingerprint density at radius 2 is 1.77 bits per heavy atom. The van der Waals surface area contributed by atoms with Gasteiger partial charge in [-0.3, -0.25) is 9.69 Å². The molecule has 0 aliphatic carbocycles. The maximum Gasteiger partial charge on any atom is 0.258 e. The number of fused-ring (bicyclic) bond motifs is 1. The number of aliphatic hydroxyl groups excluding tert-OH is 1. The van der Waals surface area contributed by atoms with Crippen molar-refractivity contribution in [3.63, 3.8) is 0 Å². The molecular weight excluding hydrogens is 395 g/mol. The third-order valence-corrected chi connectivity index (χ3v) is 5.53. The van der Waals surface area contributed by atoms with E-state index in [1.54, 1.807) is 18.2 Å². The van der Waals surface area contributed by atoms with E-state index in [2.05, 4.69) is 4.98 Å². The summed E-state index contributed by atoms with van der Waals surface area (Å²) in [4.78, 5) is 18.6. The molecule has 1 aliphatic rings. The van der Waals surface area contributed by atoms with Gasteiger partial charge in [0.2, 0.25) is 0 Å². The molecule has 2 N–H and O–H groups in total. The number of hydrogen-bond donors (Lipinski definition) is 2. The molecule has 4 rings (SSSR count). The van der Waals surface area contributed by atoms with Gasteiger partial charge in [0, 0.05) is 37.9 Å². The predicted molar refractivity (Wildman–Crippen MR) is 109 cm³/mol. The minimum absolute atomic E-state index is 0.0333. The Kier molecular flexibility index (Phi) is 5.78. The van der Waals surface area contributed by atoms with Gasteiger partial charge >= 0.3 is 0 Å². The van der Waals surface area contributed by atoms with E-state index in [1.165, 1.54) is 18.2 Å². The molecule has 8 heteroatoms. The Morgan fingerprint density at radius 1 is 1.00 bits per heavy atom. The van der Waals surface area contributed by atoms with Crippen LogP contribution in [-0.4, -0.2) is 47.4 Å². The first-order valence-corrected chi connectivity index (χ1v) is 9.85. The molecule has 158 valence electrons. The minimum Gasteiger partial charge on any atom is -0.378 e. The van der Waals surface area contributed by atoms with Crippen LogP contribution in [0.3, 0.4) is 0 Å². The number of hydrogen-bond acceptors (Lipinski definition) is 4. The highest BCUT2D eigenvalue weighted by molar-refractivity contribution is 5.82. The van der Waals surface area contributed by atoms with E-state index >= 15 is 0 Å². The van der Waals surface area contributed by atoms with Crippen LogP contribution in [0.2, 0.25) is 0 Å². The number of H-pyrrole nitrogens is 1. The molecule has 1 atom stereocenters. The van der Waals surface area contributed by atoms with Crippen molar-refractivity contribution >= 4 is 16.5 Å². The average Bonchev–Trinajstić information content (AvgIpc) is 2.72. The van der Waals surface area contributed by atoms with Crippen LogP contribution in [0.5, 0.6) is 0 Å². The molecule has 0 amide bonds. The number of benzene rings is 2. The Balaban J connectivity index is 1.36. The number of halogens is 3. The van der Waals surface area contributed by atoms with Gasteiger partial charge in [0.05, 0.1) is 11.1 Å². The van der Waals surface area contributed by atoms with Gasteiger partial charge in [0.25, 0.3) is 5.56 Å². The van der Waals surface area contributed by atoms with Crippen molar-refractivity contribution in [2.75, 3.05) is 31.1 Å². The molecule has 0 bridgehead atoms. The second kappa shape index (κ2) is 8.49. The summed E-state index contributed by atoms with van der Waals surface area (Å²) in [6.45, 7) is 2.06. The summed E-state index contributed by atoms with van der Waals surface area (Å²) in [7, 11) is 0. The third kappa shape index (κ3) is 4.20. The van der Waals surface area contributed by atoms with E-state index < -0.39 is 29.2 Å². The summed E-state index contributed by atoms with van der Waals surface area (Å²) in [6.07, 6.45) is 0.0917. The van der Waals surface area contributed by atoms with E-state index in [4.69, 9.17) is 0 Å². The van der Waals surface area contributed by atoms with Gasteiger partial charge in [-0.1, -0.05) is 12.1 Å². The van der Waals surface area contributed by atoms with Crippen molar-refractivity contribution in [2.45, 2.75) is 19.1 Å². The zero-order valence-electron chi connectivity index (χ0n) is 16.2. The summed E-state index contributed by atoms with van der Waals surface area (Å²) < 4.78 is 40.9. The van der Waals surface area contributed by atoms with E-state index in [0.29, 0.717) is 55.8 Å². The fourth-order valence-electron chi connectivity index (χ4n) is 3.93. The van der Waals surface area contributed by atoms with Crippen molar-refractivity contribution in [3.8, 4) is 0 Å². The van der Waals surface area contributed by atoms with Gasteiger partial charge in [-0.2, -0.15) is 0 Å². The molecule has 0 radical (unpaired) electrons. The van der Waals surface area contributed by atoms with Crippen LogP contribution < -0.4 is 10.5 Å². The summed E-state index contributed by atoms with van der Waals surface area (Å²) in [6, 6.07) is 9.74. The summed E-state index contributed by atoms with van der Waals surface area (Å²) >= 11 is 0. The highest BCUT2D eigenvalue weighted by atomic mass is 19.1. The Morgan fingerprint density at radius 3 is 2.50 bits per heavy atom. The second-order valence-electron chi connectivity index (χ2n) is 7.47. The monoisotopic (exact) mass is 417 g/mol. The number of rotatable bonds is 5. The van der Waals surface area contributed by atoms with Crippen LogP contribution >= 0.6 is 0 Å². The molecule has 30 heavy (non-hydrogen) atoms. The van der Waals surface area contributed by atoms with Crippen molar-refractivity contribution in [1.29, 1.82) is 0 Å². The number of aliphatic hydroxyl groups is 1. The van der Waals surface area contributed by atoms with E-state index in [0.717, 1.165) is 6.07 Å². The molecule has 2 aromatic carbocycles. The lowest BCUT2D eigenvalue weighted by atomic mass is 10.1. The number of nitrogens with one attached hydrogen (secondary N) is 1. The Bertz CT molecular complexity index is 1110. The lowest BCUT2D eigenvalue weighted by Crippen LogP contribution is -2.50. The predicted octanol–water partition coefficient (Wildman–Crippen LogP) is 3.02. The zero-order valence-corrected chi connectivity index (χ0v) is 16.2. The van der Waals surface area contributed by atoms with Gasteiger partial charge in [0.15, 0.2) is 0 Å². The molecule has 1 aliphatic heterocycles. The van der Waals surface area contributed by atoms with Crippen molar-refractivity contribution in [3.05, 3.63) is 76.0 Å². The van der Waals surface area contributed by atoms with Crippen LogP contribution in [0, 0.1) is 17.5 Å². The largest absolute Gasteiger partial charge is 0.378 e. The molecule has 1 saturated heterocycles. The topological polar surface area (TPSA) is 59.6 Å². The third-order valence-electron chi connectivity index (χ3n) is 5.53. The maximum absolute atomic E-state index is 14.0. The molecule has 1 unspecified atom stereocenters. The first-order valence-electron chi connectivity index (χ1n) is 9.85. The number of aromatic amines is 1. The van der Waals surface area contributed by atoms with Crippen LogP contribution in [-0.2, 0) is 6.42 Å². The van der Waals surface area contributed by atoms with Crippen LogP contribution in [0.25, 0.3) is 10.8 Å². The minimum atomic E-state index is -0.725. The lowest BCUT2D eigenvalue weighted by molar-refractivity contribution is -0.00538. The molecule has 1 fully saturated rings. The highest BCUT2D eigenvalue weighted by Crippen LogP contribution is 2.22. The zero-order chi connectivity index (χ0) is 21.3. The van der Waals surface area contributed by atoms with Gasteiger partial charge < -0.3 is 15.0 Å². The first kappa shape index (κ1) is 20.4. The number of anilines is 1. The van der Waals surface area contributed by atoms with E-state index in [9.17, 15) is 23.1 Å². The van der Waals surface area contributed by atoms with Crippen molar-refractivity contribution in [1.82, 2.24) is 9.88 Å². The fourth-order valence-corrected chi connectivity index (χ4v) is 3.93. The second-order valence-corrected chi connectivity index (χ2v) is 7.47. The smallest absolute Gasteiger partial charge is 0.258 e. The number of nitrogens with zero attached hydrogens (tertiary/aromatic N) is 2. The number of pyridine rings is 1. The Labute approximate surface area is 171 Å². The van der Waals surface area contributed by atoms with Crippen molar-refractivity contribution < 1.29 is 18.3 Å². The summed E-state index contributed by atoms with van der Waals surface area (Å²) in [5, 5.41) is 11.1. The standard InChI is InChI=1S/C22H22F3N3O2/c23-15-4-6-19(18(25)13-15)27-8-10-28(11-9-27)20(29)7-5-16-12-14-2-1-3-17(24)21(14)22(30)26-16/h1-4,6,12-13,20,29H,5,7-11H2,(H,26,30). The normalized spacial score (nSPS) is 16.2. The van der Waals surface area contributed by atoms with Gasteiger partial charge in [-0.05, 0) is 42.5 Å². The lowest BCUT2D eigenvalue weighted by Gasteiger charge is -2.38. The molecule has 1 aromatic heterocycles.